The van der Waals surface area contributed by atoms with Crippen LogP contribution in [0.15, 0.2) is 36.8 Å². The van der Waals surface area contributed by atoms with E-state index in [4.69, 9.17) is 5.73 Å². The van der Waals surface area contributed by atoms with Gasteiger partial charge in [-0.05, 0) is 17.7 Å². The maximum Gasteiger partial charge on any atom is 0.248 e. The summed E-state index contributed by atoms with van der Waals surface area (Å²) in [6, 6.07) is 7.28. The second-order valence-electron chi connectivity index (χ2n) is 3.75. The smallest absolute Gasteiger partial charge is 0.248 e. The number of aromatic nitrogens is 2. The lowest BCUT2D eigenvalue weighted by molar-refractivity contribution is 0.1000. The van der Waals surface area contributed by atoms with Crippen molar-refractivity contribution in [3.8, 4) is 0 Å². The zero-order chi connectivity index (χ0) is 12.1. The molecule has 5 heteroatoms. The standard InChI is InChI=1S/C12H14N4O/c13-12(17)10-3-1-2-9(4-10)5-14-6-11-7-15-8-16-11/h1-4,7-8,14H,5-6H2,(H2,13,17)(H,15,16). The minimum absolute atomic E-state index is 0.402. The first-order valence-corrected chi connectivity index (χ1v) is 5.32. The van der Waals surface area contributed by atoms with E-state index >= 15 is 0 Å². The molecule has 0 bridgehead atoms. The van der Waals surface area contributed by atoms with Crippen LogP contribution in [0.3, 0.4) is 0 Å². The van der Waals surface area contributed by atoms with Gasteiger partial charge in [-0.25, -0.2) is 4.98 Å². The van der Waals surface area contributed by atoms with Crippen LogP contribution < -0.4 is 11.1 Å². The number of nitrogens with one attached hydrogen (secondary N) is 2. The lowest BCUT2D eigenvalue weighted by Gasteiger charge is -2.04. The predicted octanol–water partition coefficient (Wildman–Crippen LogP) is 0.798. The van der Waals surface area contributed by atoms with E-state index in [0.717, 1.165) is 11.3 Å². The number of imidazole rings is 1. The molecule has 1 heterocycles. The van der Waals surface area contributed by atoms with Crippen molar-refractivity contribution in [2.75, 3.05) is 0 Å². The molecule has 0 aliphatic carbocycles. The monoisotopic (exact) mass is 230 g/mol. The van der Waals surface area contributed by atoms with E-state index in [2.05, 4.69) is 15.3 Å². The van der Waals surface area contributed by atoms with Crippen LogP contribution in [0.25, 0.3) is 0 Å². The summed E-state index contributed by atoms with van der Waals surface area (Å²) in [6.07, 6.45) is 3.41. The first-order valence-electron chi connectivity index (χ1n) is 5.32. The van der Waals surface area contributed by atoms with E-state index in [-0.39, 0.29) is 0 Å². The van der Waals surface area contributed by atoms with Gasteiger partial charge in [0.25, 0.3) is 0 Å². The Morgan fingerprint density at radius 2 is 2.29 bits per heavy atom. The maximum absolute atomic E-state index is 11.0. The molecule has 0 saturated carbocycles. The number of H-pyrrole nitrogens is 1. The van der Waals surface area contributed by atoms with Crippen LogP contribution in [0.1, 0.15) is 21.6 Å². The first-order chi connectivity index (χ1) is 8.25. The Labute approximate surface area is 99.1 Å². The van der Waals surface area contributed by atoms with E-state index in [9.17, 15) is 4.79 Å². The van der Waals surface area contributed by atoms with Crippen molar-refractivity contribution in [3.63, 3.8) is 0 Å². The Kier molecular flexibility index (Phi) is 3.52. The van der Waals surface area contributed by atoms with Crippen molar-refractivity contribution in [2.24, 2.45) is 5.73 Å². The largest absolute Gasteiger partial charge is 0.366 e. The van der Waals surface area contributed by atoms with Gasteiger partial charge in [0.1, 0.15) is 0 Å². The van der Waals surface area contributed by atoms with Crippen LogP contribution in [0, 0.1) is 0 Å². The quantitative estimate of drug-likeness (QED) is 0.710. The highest BCUT2D eigenvalue weighted by molar-refractivity contribution is 5.92. The lowest BCUT2D eigenvalue weighted by Crippen LogP contribution is -2.15. The van der Waals surface area contributed by atoms with Crippen LogP contribution in [0.5, 0.6) is 0 Å². The molecule has 0 saturated heterocycles. The molecular formula is C12H14N4O. The van der Waals surface area contributed by atoms with Crippen LogP contribution in [0.4, 0.5) is 0 Å². The van der Waals surface area contributed by atoms with Gasteiger partial charge in [-0.15, -0.1) is 0 Å². The molecule has 0 aliphatic heterocycles. The maximum atomic E-state index is 11.0. The van der Waals surface area contributed by atoms with Crippen molar-refractivity contribution < 1.29 is 4.79 Å². The third kappa shape index (κ3) is 3.15. The van der Waals surface area contributed by atoms with Gasteiger partial charge in [0.2, 0.25) is 5.91 Å². The molecule has 0 spiro atoms. The molecule has 1 aromatic carbocycles. The molecule has 2 rings (SSSR count). The number of carbonyl (C=O) groups is 1. The average molecular weight is 230 g/mol. The highest BCUT2D eigenvalue weighted by atomic mass is 16.1. The van der Waals surface area contributed by atoms with Crippen molar-refractivity contribution in [2.45, 2.75) is 13.1 Å². The minimum Gasteiger partial charge on any atom is -0.366 e. The Morgan fingerprint density at radius 1 is 1.41 bits per heavy atom. The molecule has 4 N–H and O–H groups in total. The van der Waals surface area contributed by atoms with Gasteiger partial charge in [-0.2, -0.15) is 0 Å². The van der Waals surface area contributed by atoms with Gasteiger partial charge in [0.15, 0.2) is 0 Å². The SMILES string of the molecule is NC(=O)c1cccc(CNCc2cnc[nH]2)c1. The van der Waals surface area contributed by atoms with Crippen molar-refractivity contribution >= 4 is 5.91 Å². The predicted molar refractivity (Wildman–Crippen MR) is 64.1 cm³/mol. The summed E-state index contributed by atoms with van der Waals surface area (Å²) in [5.74, 6) is -0.402. The Morgan fingerprint density at radius 3 is 3.00 bits per heavy atom. The molecular weight excluding hydrogens is 216 g/mol. The van der Waals surface area contributed by atoms with Gasteiger partial charge in [-0.3, -0.25) is 4.79 Å². The summed E-state index contributed by atoms with van der Waals surface area (Å²) in [7, 11) is 0. The number of benzene rings is 1. The molecule has 1 amide bonds. The number of aromatic amines is 1. The zero-order valence-electron chi connectivity index (χ0n) is 9.31. The van der Waals surface area contributed by atoms with Gasteiger partial charge in [0, 0.05) is 30.5 Å². The fourth-order valence-electron chi connectivity index (χ4n) is 1.56. The summed E-state index contributed by atoms with van der Waals surface area (Å²) in [6.45, 7) is 1.39. The van der Waals surface area contributed by atoms with Crippen LogP contribution in [-0.2, 0) is 13.1 Å². The second-order valence-corrected chi connectivity index (χ2v) is 3.75. The van der Waals surface area contributed by atoms with E-state index in [0.29, 0.717) is 18.7 Å². The van der Waals surface area contributed by atoms with Crippen molar-refractivity contribution in [1.82, 2.24) is 15.3 Å². The highest BCUT2D eigenvalue weighted by Gasteiger charge is 2.01. The van der Waals surface area contributed by atoms with Crippen LogP contribution in [-0.4, -0.2) is 15.9 Å². The van der Waals surface area contributed by atoms with Crippen LogP contribution >= 0.6 is 0 Å². The summed E-state index contributed by atoms with van der Waals surface area (Å²) >= 11 is 0. The van der Waals surface area contributed by atoms with Gasteiger partial charge < -0.3 is 16.0 Å². The van der Waals surface area contributed by atoms with E-state index in [1.807, 2.05) is 12.1 Å². The molecule has 17 heavy (non-hydrogen) atoms. The average Bonchev–Trinajstić information content (AvgIpc) is 2.82. The zero-order valence-corrected chi connectivity index (χ0v) is 9.31. The van der Waals surface area contributed by atoms with Crippen LogP contribution in [0.2, 0.25) is 0 Å². The molecule has 0 radical (unpaired) electrons. The van der Waals surface area contributed by atoms with E-state index in [1.165, 1.54) is 0 Å². The van der Waals surface area contributed by atoms with E-state index in [1.54, 1.807) is 24.7 Å². The molecule has 88 valence electrons. The summed E-state index contributed by atoms with van der Waals surface area (Å²) in [5, 5.41) is 3.25. The van der Waals surface area contributed by atoms with E-state index < -0.39 is 5.91 Å². The molecule has 2 aromatic rings. The first kappa shape index (κ1) is 11.3. The van der Waals surface area contributed by atoms with Gasteiger partial charge >= 0.3 is 0 Å². The minimum atomic E-state index is -0.402. The molecule has 0 fully saturated rings. The second kappa shape index (κ2) is 5.27. The lowest BCUT2D eigenvalue weighted by atomic mass is 10.1. The topological polar surface area (TPSA) is 83.8 Å². The number of hydrogen-bond acceptors (Lipinski definition) is 3. The number of nitrogens with zero attached hydrogens (tertiary/aromatic N) is 1. The third-order valence-corrected chi connectivity index (χ3v) is 2.41. The highest BCUT2D eigenvalue weighted by Crippen LogP contribution is 2.04. The van der Waals surface area contributed by atoms with Gasteiger partial charge in [-0.1, -0.05) is 12.1 Å². The molecule has 0 atom stereocenters. The number of hydrogen-bond donors (Lipinski definition) is 3. The number of primary amides is 1. The fraction of sp³-hybridized carbons (Fsp3) is 0.167. The molecule has 1 aromatic heterocycles. The summed E-state index contributed by atoms with van der Waals surface area (Å²) in [4.78, 5) is 17.9. The Balaban J connectivity index is 1.90. The number of amides is 1. The fourth-order valence-corrected chi connectivity index (χ4v) is 1.56. The number of carbonyl (C=O) groups excluding carboxylic acids is 1. The van der Waals surface area contributed by atoms with Crippen molar-refractivity contribution in [1.29, 1.82) is 0 Å². The molecule has 0 aliphatic rings. The molecule has 5 nitrogen and oxygen atoms in total. The normalized spacial score (nSPS) is 10.4. The number of nitrogens with two attached hydrogens (primary N) is 1. The Bertz CT molecular complexity index is 493. The Hall–Kier alpha value is -2.14. The van der Waals surface area contributed by atoms with Crippen molar-refractivity contribution in [3.05, 3.63) is 53.6 Å². The van der Waals surface area contributed by atoms with Gasteiger partial charge in [0.05, 0.1) is 6.33 Å². The third-order valence-electron chi connectivity index (χ3n) is 2.41. The summed E-state index contributed by atoms with van der Waals surface area (Å²) in [5.41, 5.74) is 7.80. The summed E-state index contributed by atoms with van der Waals surface area (Å²) < 4.78 is 0. The number of rotatable bonds is 5. The molecule has 0 unspecified atom stereocenters.